The first-order valence-electron chi connectivity index (χ1n) is 8.08. The zero-order valence-electron chi connectivity index (χ0n) is 13.1. The molecule has 5 nitrogen and oxygen atoms in total. The zero-order chi connectivity index (χ0) is 15.6. The van der Waals surface area contributed by atoms with Gasteiger partial charge in [-0.15, -0.1) is 12.4 Å². The fraction of sp³-hybridized carbons (Fsp3) is 0.529. The highest BCUT2D eigenvalue weighted by Gasteiger charge is 2.35. The molecule has 0 bridgehead atoms. The molecule has 0 radical (unpaired) electrons. The Hall–Kier alpha value is -1.59. The molecule has 0 spiro atoms. The SMILES string of the molecule is Cl.NC1(C(=O)Nc2ccc(NC(=O)C3CC3)cc2)CCCCC1. The third kappa shape index (κ3) is 4.45. The average molecular weight is 338 g/mol. The molecule has 0 aromatic heterocycles. The van der Waals surface area contributed by atoms with Crippen molar-refractivity contribution < 1.29 is 9.59 Å². The molecular formula is C17H24ClN3O2. The van der Waals surface area contributed by atoms with Crippen LogP contribution in [0.25, 0.3) is 0 Å². The van der Waals surface area contributed by atoms with Crippen LogP contribution in [0.4, 0.5) is 11.4 Å². The number of benzene rings is 1. The number of nitrogens with one attached hydrogen (secondary N) is 2. The van der Waals surface area contributed by atoms with Crippen LogP contribution in [-0.4, -0.2) is 17.4 Å². The summed E-state index contributed by atoms with van der Waals surface area (Å²) in [6.45, 7) is 0. The van der Waals surface area contributed by atoms with Crippen LogP contribution in [0, 0.1) is 5.92 Å². The van der Waals surface area contributed by atoms with Gasteiger partial charge in [-0.1, -0.05) is 19.3 Å². The fourth-order valence-electron chi connectivity index (χ4n) is 2.89. The Bertz CT molecular complexity index is 564. The summed E-state index contributed by atoms with van der Waals surface area (Å²) in [5, 5.41) is 5.77. The molecule has 6 heteroatoms. The van der Waals surface area contributed by atoms with Gasteiger partial charge in [-0.2, -0.15) is 0 Å². The molecule has 1 aromatic carbocycles. The summed E-state index contributed by atoms with van der Waals surface area (Å²) in [4.78, 5) is 24.0. The van der Waals surface area contributed by atoms with Crippen molar-refractivity contribution in [2.45, 2.75) is 50.5 Å². The molecule has 2 fully saturated rings. The third-order valence-electron chi connectivity index (χ3n) is 4.56. The number of hydrogen-bond donors (Lipinski definition) is 3. The van der Waals surface area contributed by atoms with E-state index in [2.05, 4.69) is 10.6 Å². The van der Waals surface area contributed by atoms with Crippen molar-refractivity contribution in [1.29, 1.82) is 0 Å². The molecule has 0 aliphatic heterocycles. The van der Waals surface area contributed by atoms with Gasteiger partial charge in [-0.25, -0.2) is 0 Å². The van der Waals surface area contributed by atoms with Crippen LogP contribution in [0.5, 0.6) is 0 Å². The molecule has 0 saturated heterocycles. The lowest BCUT2D eigenvalue weighted by Gasteiger charge is -2.31. The number of rotatable bonds is 4. The number of anilines is 2. The van der Waals surface area contributed by atoms with Crippen molar-refractivity contribution in [2.75, 3.05) is 10.6 Å². The van der Waals surface area contributed by atoms with Gasteiger partial charge in [0.1, 0.15) is 0 Å². The minimum absolute atomic E-state index is 0. The maximum Gasteiger partial charge on any atom is 0.244 e. The highest BCUT2D eigenvalue weighted by Crippen LogP contribution is 2.30. The smallest absolute Gasteiger partial charge is 0.244 e. The molecule has 23 heavy (non-hydrogen) atoms. The molecule has 0 atom stereocenters. The number of hydrogen-bond acceptors (Lipinski definition) is 3. The van der Waals surface area contributed by atoms with Gasteiger partial charge in [0.15, 0.2) is 0 Å². The largest absolute Gasteiger partial charge is 0.326 e. The third-order valence-corrected chi connectivity index (χ3v) is 4.56. The van der Waals surface area contributed by atoms with Crippen molar-refractivity contribution in [3.63, 3.8) is 0 Å². The van der Waals surface area contributed by atoms with E-state index in [0.29, 0.717) is 5.69 Å². The van der Waals surface area contributed by atoms with Crippen LogP contribution in [0.2, 0.25) is 0 Å². The predicted molar refractivity (Wildman–Crippen MR) is 93.7 cm³/mol. The summed E-state index contributed by atoms with van der Waals surface area (Å²) in [7, 11) is 0. The average Bonchev–Trinajstić information content (AvgIpc) is 3.35. The maximum absolute atomic E-state index is 12.3. The molecular weight excluding hydrogens is 314 g/mol. The van der Waals surface area contributed by atoms with E-state index in [1.54, 1.807) is 24.3 Å². The number of nitrogens with two attached hydrogens (primary N) is 1. The monoisotopic (exact) mass is 337 g/mol. The van der Waals surface area contributed by atoms with Crippen LogP contribution in [-0.2, 0) is 9.59 Å². The summed E-state index contributed by atoms with van der Waals surface area (Å²) in [5.74, 6) is 0.157. The minimum Gasteiger partial charge on any atom is -0.326 e. The van der Waals surface area contributed by atoms with Crippen LogP contribution in [0.1, 0.15) is 44.9 Å². The van der Waals surface area contributed by atoms with Crippen molar-refractivity contribution in [2.24, 2.45) is 11.7 Å². The number of carbonyl (C=O) groups excluding carboxylic acids is 2. The van der Waals surface area contributed by atoms with Gasteiger partial charge >= 0.3 is 0 Å². The van der Waals surface area contributed by atoms with Crippen molar-refractivity contribution >= 4 is 35.6 Å². The Kier molecular flexibility index (Phi) is 5.65. The normalized spacial score (nSPS) is 19.3. The van der Waals surface area contributed by atoms with Crippen LogP contribution in [0.3, 0.4) is 0 Å². The Morgan fingerprint density at radius 2 is 1.48 bits per heavy atom. The predicted octanol–water partition coefficient (Wildman–Crippen LogP) is 3.06. The van der Waals surface area contributed by atoms with Crippen LogP contribution in [0.15, 0.2) is 24.3 Å². The Labute approximate surface area is 142 Å². The van der Waals surface area contributed by atoms with Crippen molar-refractivity contribution in [3.05, 3.63) is 24.3 Å². The van der Waals surface area contributed by atoms with Gasteiger partial charge < -0.3 is 16.4 Å². The topological polar surface area (TPSA) is 84.2 Å². The summed E-state index contributed by atoms with van der Waals surface area (Å²) in [6.07, 6.45) is 6.63. The van der Waals surface area contributed by atoms with Gasteiger partial charge in [0.25, 0.3) is 0 Å². The first kappa shape index (κ1) is 17.8. The molecule has 2 saturated carbocycles. The molecule has 3 rings (SSSR count). The second kappa shape index (κ2) is 7.32. The quantitative estimate of drug-likeness (QED) is 0.789. The second-order valence-electron chi connectivity index (χ2n) is 6.51. The number of halogens is 1. The molecule has 1 aromatic rings. The summed E-state index contributed by atoms with van der Waals surface area (Å²) >= 11 is 0. The molecule has 126 valence electrons. The molecule has 2 amide bonds. The minimum atomic E-state index is -0.739. The van der Waals surface area contributed by atoms with E-state index in [1.165, 1.54) is 0 Å². The maximum atomic E-state index is 12.3. The summed E-state index contributed by atoms with van der Waals surface area (Å²) in [6, 6.07) is 7.21. The summed E-state index contributed by atoms with van der Waals surface area (Å²) in [5.41, 5.74) is 6.95. The Balaban J connectivity index is 0.00000192. The highest BCUT2D eigenvalue weighted by atomic mass is 35.5. The number of carbonyl (C=O) groups is 2. The molecule has 2 aliphatic carbocycles. The molecule has 4 N–H and O–H groups in total. The van der Waals surface area contributed by atoms with E-state index in [4.69, 9.17) is 5.73 Å². The number of amides is 2. The Morgan fingerprint density at radius 3 is 2.00 bits per heavy atom. The van der Waals surface area contributed by atoms with E-state index in [1.807, 2.05) is 0 Å². The van der Waals surface area contributed by atoms with Crippen LogP contribution >= 0.6 is 12.4 Å². The second-order valence-corrected chi connectivity index (χ2v) is 6.51. The van der Waals surface area contributed by atoms with Gasteiger partial charge in [-0.3, -0.25) is 9.59 Å². The van der Waals surface area contributed by atoms with E-state index in [-0.39, 0.29) is 30.1 Å². The van der Waals surface area contributed by atoms with E-state index in [0.717, 1.165) is 50.6 Å². The lowest BCUT2D eigenvalue weighted by molar-refractivity contribution is -0.122. The van der Waals surface area contributed by atoms with Gasteiger partial charge in [0, 0.05) is 17.3 Å². The summed E-state index contributed by atoms with van der Waals surface area (Å²) < 4.78 is 0. The fourth-order valence-corrected chi connectivity index (χ4v) is 2.89. The molecule has 0 heterocycles. The zero-order valence-corrected chi connectivity index (χ0v) is 14.0. The first-order chi connectivity index (χ1) is 10.6. The standard InChI is InChI=1S/C17H23N3O2.ClH/c18-17(10-2-1-3-11-17)16(22)20-14-8-6-13(7-9-14)19-15(21)12-4-5-12;/h6-9,12H,1-5,10-11,18H2,(H,19,21)(H,20,22);1H. The van der Waals surface area contributed by atoms with E-state index < -0.39 is 5.54 Å². The Morgan fingerprint density at radius 1 is 0.957 bits per heavy atom. The first-order valence-corrected chi connectivity index (χ1v) is 8.08. The van der Waals surface area contributed by atoms with E-state index in [9.17, 15) is 9.59 Å². The molecule has 2 aliphatic rings. The van der Waals surface area contributed by atoms with Gasteiger partial charge in [0.2, 0.25) is 11.8 Å². The highest BCUT2D eigenvalue weighted by molar-refractivity contribution is 5.98. The van der Waals surface area contributed by atoms with Crippen LogP contribution < -0.4 is 16.4 Å². The van der Waals surface area contributed by atoms with Gasteiger partial charge in [0.05, 0.1) is 5.54 Å². The van der Waals surface area contributed by atoms with Gasteiger partial charge in [-0.05, 0) is 49.9 Å². The lowest BCUT2D eigenvalue weighted by atomic mass is 9.82. The van der Waals surface area contributed by atoms with E-state index >= 15 is 0 Å². The lowest BCUT2D eigenvalue weighted by Crippen LogP contribution is -2.52. The van der Waals surface area contributed by atoms with Crippen molar-refractivity contribution in [1.82, 2.24) is 0 Å². The molecule has 0 unspecified atom stereocenters. The van der Waals surface area contributed by atoms with Crippen molar-refractivity contribution in [3.8, 4) is 0 Å².